The number of benzene rings is 1. The smallest absolute Gasteiger partial charge is 0.392 e. The first-order chi connectivity index (χ1) is 15.6. The zero-order chi connectivity index (χ0) is 24.1. The van der Waals surface area contributed by atoms with Crippen LogP contribution in [0.25, 0.3) is 11.0 Å². The molecule has 3 heterocycles. The normalized spacial score (nSPS) is 16.5. The largest absolute Gasteiger partial charge is 0.434 e. The van der Waals surface area contributed by atoms with E-state index in [9.17, 15) is 23.1 Å². The highest BCUT2D eigenvalue weighted by atomic mass is 32.2. The van der Waals surface area contributed by atoms with E-state index in [1.165, 1.54) is 11.8 Å². The molecule has 0 aliphatic carbocycles. The fraction of sp³-hybridized carbons (Fsp3) is 0.429. The lowest BCUT2D eigenvalue weighted by molar-refractivity contribution is -0.141. The molecule has 8 nitrogen and oxygen atoms in total. The number of halogens is 3. The van der Waals surface area contributed by atoms with E-state index in [1.807, 2.05) is 32.2 Å². The molecular weight excluding hydrogens is 457 g/mol. The minimum absolute atomic E-state index is 0.0352. The number of rotatable bonds is 5. The maximum absolute atomic E-state index is 13.6. The van der Waals surface area contributed by atoms with Gasteiger partial charge in [0.15, 0.2) is 5.69 Å². The van der Waals surface area contributed by atoms with E-state index in [0.29, 0.717) is 24.4 Å². The van der Waals surface area contributed by atoms with Gasteiger partial charge in [0.05, 0.1) is 29.2 Å². The molecule has 1 aromatic carbocycles. The molecule has 4 rings (SSSR count). The number of aliphatic hydroxyl groups excluding tert-OH is 1. The van der Waals surface area contributed by atoms with Crippen molar-refractivity contribution in [3.63, 3.8) is 0 Å². The second-order valence-electron chi connectivity index (χ2n) is 8.11. The topological polar surface area (TPSA) is 110 Å². The minimum Gasteiger partial charge on any atom is -0.392 e. The van der Waals surface area contributed by atoms with Crippen LogP contribution in [0.5, 0.6) is 0 Å². The highest BCUT2D eigenvalue weighted by Crippen LogP contribution is 2.39. The summed E-state index contributed by atoms with van der Waals surface area (Å²) in [4.78, 5) is 26.7. The van der Waals surface area contributed by atoms with Gasteiger partial charge in [-0.2, -0.15) is 13.2 Å². The zero-order valence-corrected chi connectivity index (χ0v) is 19.0. The molecule has 12 heteroatoms. The third kappa shape index (κ3) is 4.01. The lowest BCUT2D eigenvalue weighted by Crippen LogP contribution is -2.42. The number of imidazole rings is 1. The second-order valence-corrected chi connectivity index (χ2v) is 8.96. The molecule has 3 N–H and O–H groups in total. The molecule has 1 amide bonds. The Hall–Kier alpha value is -2.86. The molecule has 1 aliphatic rings. The molecule has 33 heavy (non-hydrogen) atoms. The molecule has 3 aromatic rings. The van der Waals surface area contributed by atoms with Gasteiger partial charge in [0.2, 0.25) is 5.95 Å². The van der Waals surface area contributed by atoms with Crippen molar-refractivity contribution in [2.24, 2.45) is 11.7 Å². The Kier molecular flexibility index (Phi) is 5.99. The first-order valence-corrected chi connectivity index (χ1v) is 11.5. The van der Waals surface area contributed by atoms with Crippen molar-refractivity contribution in [3.8, 4) is 0 Å². The van der Waals surface area contributed by atoms with Crippen LogP contribution < -0.4 is 10.6 Å². The van der Waals surface area contributed by atoms with Gasteiger partial charge >= 0.3 is 6.18 Å². The lowest BCUT2D eigenvalue weighted by atomic mass is 10.00. The first-order valence-electron chi connectivity index (χ1n) is 10.2. The first kappa shape index (κ1) is 23.3. The number of amides is 1. The molecule has 0 radical (unpaired) electrons. The van der Waals surface area contributed by atoms with Crippen LogP contribution in [0.3, 0.4) is 0 Å². The number of carbonyl (C=O) groups is 1. The molecule has 0 saturated carbocycles. The summed E-state index contributed by atoms with van der Waals surface area (Å²) in [6.07, 6.45) is -2.09. The van der Waals surface area contributed by atoms with Crippen LogP contribution in [-0.2, 0) is 19.3 Å². The monoisotopic (exact) mass is 480 g/mol. The molecule has 0 fully saturated rings. The summed E-state index contributed by atoms with van der Waals surface area (Å²) >= 11 is 1.53. The van der Waals surface area contributed by atoms with E-state index in [0.717, 1.165) is 22.2 Å². The number of hydrogen-bond acceptors (Lipinski definition) is 7. The van der Waals surface area contributed by atoms with Crippen LogP contribution in [0.1, 0.15) is 47.3 Å². The number of alkyl halides is 3. The van der Waals surface area contributed by atoms with Crippen molar-refractivity contribution in [2.45, 2.75) is 44.1 Å². The highest BCUT2D eigenvalue weighted by Gasteiger charge is 2.40. The van der Waals surface area contributed by atoms with Gasteiger partial charge < -0.3 is 20.3 Å². The van der Waals surface area contributed by atoms with E-state index < -0.39 is 29.4 Å². The number of thioether (sulfide) groups is 1. The number of fused-ring (bicyclic) bond motifs is 3. The summed E-state index contributed by atoms with van der Waals surface area (Å²) in [6.45, 7) is 4.59. The van der Waals surface area contributed by atoms with Crippen LogP contribution in [0.15, 0.2) is 23.2 Å². The zero-order valence-electron chi connectivity index (χ0n) is 18.2. The van der Waals surface area contributed by atoms with Gasteiger partial charge in [0.1, 0.15) is 5.82 Å². The van der Waals surface area contributed by atoms with Crippen molar-refractivity contribution >= 4 is 34.7 Å². The van der Waals surface area contributed by atoms with Crippen LogP contribution in [0, 0.1) is 5.92 Å². The molecule has 1 atom stereocenters. The van der Waals surface area contributed by atoms with Gasteiger partial charge in [0, 0.05) is 24.2 Å². The maximum Gasteiger partial charge on any atom is 0.434 e. The Labute approximate surface area is 192 Å². The molecular formula is C21H23F3N6O2S. The molecule has 176 valence electrons. The number of carbonyl (C=O) groups excluding carboxylic acids is 1. The van der Waals surface area contributed by atoms with E-state index in [-0.39, 0.29) is 18.5 Å². The fourth-order valence-corrected chi connectivity index (χ4v) is 4.88. The summed E-state index contributed by atoms with van der Waals surface area (Å²) in [7, 11) is 0. The summed E-state index contributed by atoms with van der Waals surface area (Å²) in [6, 6.07) is 3.42. The Bertz CT molecular complexity index is 1230. The quantitative estimate of drug-likeness (QED) is 0.539. The number of aromatic nitrogens is 4. The number of nitrogens with two attached hydrogens (primary N) is 1. The van der Waals surface area contributed by atoms with Crippen LogP contribution in [-0.4, -0.2) is 43.3 Å². The van der Waals surface area contributed by atoms with Crippen LogP contribution in [0.4, 0.5) is 19.1 Å². The molecule has 1 unspecified atom stereocenters. The summed E-state index contributed by atoms with van der Waals surface area (Å²) in [5, 5.41) is 9.70. The minimum atomic E-state index is -4.85. The Morgan fingerprint density at radius 2 is 2.03 bits per heavy atom. The van der Waals surface area contributed by atoms with E-state index >= 15 is 0 Å². The Morgan fingerprint density at radius 1 is 1.30 bits per heavy atom. The number of nitrogens with zero attached hydrogens (tertiary/aromatic N) is 5. The third-order valence-electron chi connectivity index (χ3n) is 5.71. The van der Waals surface area contributed by atoms with Gasteiger partial charge in [-0.15, -0.1) is 11.8 Å². The van der Waals surface area contributed by atoms with Crippen molar-refractivity contribution < 1.29 is 23.1 Å². The van der Waals surface area contributed by atoms with Gasteiger partial charge in [-0.1, -0.05) is 13.8 Å². The summed E-state index contributed by atoms with van der Waals surface area (Å²) in [5.74, 6) is -0.722. The fourth-order valence-electron chi connectivity index (χ4n) is 4.26. The molecule has 0 saturated heterocycles. The van der Waals surface area contributed by atoms with Gasteiger partial charge in [-0.3, -0.25) is 4.79 Å². The SMILES string of the molecule is CSc1cc2c(cc1CO)nc1n2CCN(c2ncc(C(N)=O)c(C(F)(F)F)n2)C1C(C)C. The Balaban J connectivity index is 1.85. The van der Waals surface area contributed by atoms with Crippen LogP contribution >= 0.6 is 11.8 Å². The summed E-state index contributed by atoms with van der Waals surface area (Å²) in [5.41, 5.74) is 5.37. The standard InChI is InChI=1S/C21H23F3N6O2S/c1-10(2)16-19-27-13-6-11(9-31)15(33-3)7-14(13)29(19)4-5-30(16)20-26-8-12(18(25)32)17(28-20)21(22,23)24/h6-8,10,16,31H,4-5,9H2,1-3H3,(H2,25,32). The molecule has 1 aliphatic heterocycles. The number of primary amides is 1. The van der Waals surface area contributed by atoms with Crippen molar-refractivity contribution in [1.29, 1.82) is 0 Å². The highest BCUT2D eigenvalue weighted by molar-refractivity contribution is 7.98. The van der Waals surface area contributed by atoms with Crippen LogP contribution in [0.2, 0.25) is 0 Å². The van der Waals surface area contributed by atoms with Gasteiger partial charge in [-0.05, 0) is 29.9 Å². The number of aliphatic hydroxyl groups is 1. The number of anilines is 1. The summed E-state index contributed by atoms with van der Waals surface area (Å²) < 4.78 is 42.8. The van der Waals surface area contributed by atoms with E-state index in [4.69, 9.17) is 10.7 Å². The van der Waals surface area contributed by atoms with Gasteiger partial charge in [0.25, 0.3) is 5.91 Å². The van der Waals surface area contributed by atoms with E-state index in [2.05, 4.69) is 14.5 Å². The number of hydrogen-bond donors (Lipinski definition) is 2. The predicted molar refractivity (Wildman–Crippen MR) is 118 cm³/mol. The predicted octanol–water partition coefficient (Wildman–Crippen LogP) is 3.38. The second kappa shape index (κ2) is 8.49. The van der Waals surface area contributed by atoms with Crippen molar-refractivity contribution in [3.05, 3.63) is 41.0 Å². The maximum atomic E-state index is 13.6. The van der Waals surface area contributed by atoms with Crippen molar-refractivity contribution in [1.82, 2.24) is 19.5 Å². The Morgan fingerprint density at radius 3 is 2.61 bits per heavy atom. The van der Waals surface area contributed by atoms with Crippen molar-refractivity contribution in [2.75, 3.05) is 17.7 Å². The van der Waals surface area contributed by atoms with Gasteiger partial charge in [-0.25, -0.2) is 15.0 Å². The van der Waals surface area contributed by atoms with E-state index in [1.54, 1.807) is 4.90 Å². The molecule has 0 spiro atoms. The molecule has 2 aromatic heterocycles. The average Bonchev–Trinajstić information content (AvgIpc) is 3.13. The average molecular weight is 481 g/mol. The molecule has 0 bridgehead atoms. The third-order valence-corrected chi connectivity index (χ3v) is 6.53. The lowest BCUT2D eigenvalue weighted by Gasteiger charge is -2.38.